The normalized spacial score (nSPS) is 15.5. The van der Waals surface area contributed by atoms with E-state index in [-0.39, 0.29) is 18.0 Å². The van der Waals surface area contributed by atoms with Crippen LogP contribution < -0.4 is 10.6 Å². The minimum absolute atomic E-state index is 0.194. The van der Waals surface area contributed by atoms with E-state index >= 15 is 0 Å². The summed E-state index contributed by atoms with van der Waals surface area (Å²) >= 11 is 0. The number of nitrogens with one attached hydrogen (secondary N) is 2. The molecule has 0 aromatic heterocycles. The number of amides is 1. The number of benzene rings is 1. The van der Waals surface area contributed by atoms with E-state index in [1.54, 1.807) is 17.0 Å². The fraction of sp³-hybridized carbons (Fsp3) is 0.600. The highest BCUT2D eigenvalue weighted by Crippen LogP contribution is 2.11. The Hall–Kier alpha value is -2.31. The van der Waals surface area contributed by atoms with Gasteiger partial charge in [0.05, 0.1) is 6.61 Å². The largest absolute Gasteiger partial charge is 0.450 e. The number of carbonyl (C=O) groups is 1. The molecule has 0 atom stereocenters. The fourth-order valence-electron chi connectivity index (χ4n) is 3.10. The van der Waals surface area contributed by atoms with Crippen molar-refractivity contribution in [2.24, 2.45) is 4.99 Å². The quantitative estimate of drug-likeness (QED) is 0.435. The van der Waals surface area contributed by atoms with E-state index in [9.17, 15) is 9.18 Å². The van der Waals surface area contributed by atoms with Gasteiger partial charge in [-0.2, -0.15) is 0 Å². The molecule has 27 heavy (non-hydrogen) atoms. The minimum Gasteiger partial charge on any atom is -0.450 e. The number of piperidine rings is 1. The number of nitrogens with zero attached hydrogens (tertiary/aromatic N) is 2. The first-order chi connectivity index (χ1) is 13.1. The highest BCUT2D eigenvalue weighted by Gasteiger charge is 2.23. The second kappa shape index (κ2) is 11.4. The van der Waals surface area contributed by atoms with Crippen molar-refractivity contribution < 1.29 is 13.9 Å². The van der Waals surface area contributed by atoms with Crippen molar-refractivity contribution in [2.45, 2.75) is 45.6 Å². The molecular weight excluding hydrogens is 347 g/mol. The summed E-state index contributed by atoms with van der Waals surface area (Å²) in [6, 6.07) is 7.00. The van der Waals surface area contributed by atoms with Gasteiger partial charge in [0.25, 0.3) is 0 Å². The van der Waals surface area contributed by atoms with Crippen LogP contribution >= 0.6 is 0 Å². The summed E-state index contributed by atoms with van der Waals surface area (Å²) in [5, 5.41) is 6.72. The van der Waals surface area contributed by atoms with Gasteiger partial charge in [-0.15, -0.1) is 0 Å². The van der Waals surface area contributed by atoms with E-state index < -0.39 is 0 Å². The number of guanidine groups is 1. The second-order valence-corrected chi connectivity index (χ2v) is 6.60. The summed E-state index contributed by atoms with van der Waals surface area (Å²) in [6.07, 6.45) is 3.17. The van der Waals surface area contributed by atoms with Crippen LogP contribution in [0.5, 0.6) is 0 Å². The van der Waals surface area contributed by atoms with Crippen molar-refractivity contribution in [3.63, 3.8) is 0 Å². The zero-order chi connectivity index (χ0) is 19.5. The number of carbonyl (C=O) groups excluding carboxylic acids is 1. The van der Waals surface area contributed by atoms with Crippen molar-refractivity contribution in [2.75, 3.05) is 32.8 Å². The number of halogens is 1. The predicted octanol–water partition coefficient (Wildman–Crippen LogP) is 2.93. The zero-order valence-corrected chi connectivity index (χ0v) is 16.3. The monoisotopic (exact) mass is 378 g/mol. The van der Waals surface area contributed by atoms with Crippen LogP contribution in [0.25, 0.3) is 0 Å². The highest BCUT2D eigenvalue weighted by atomic mass is 19.1. The second-order valence-electron chi connectivity index (χ2n) is 6.60. The topological polar surface area (TPSA) is 66.0 Å². The van der Waals surface area contributed by atoms with Gasteiger partial charge in [0.2, 0.25) is 0 Å². The molecule has 6 nitrogen and oxygen atoms in total. The molecule has 1 aliphatic rings. The Morgan fingerprint density at radius 1 is 1.33 bits per heavy atom. The van der Waals surface area contributed by atoms with E-state index in [1.807, 2.05) is 19.9 Å². The average molecular weight is 378 g/mol. The number of likely N-dealkylation sites (tertiary alicyclic amines) is 1. The van der Waals surface area contributed by atoms with Crippen molar-refractivity contribution in [3.05, 3.63) is 35.6 Å². The molecule has 1 aromatic rings. The third-order valence-corrected chi connectivity index (χ3v) is 4.49. The van der Waals surface area contributed by atoms with Crippen LogP contribution in [-0.2, 0) is 11.2 Å². The number of hydrogen-bond donors (Lipinski definition) is 2. The van der Waals surface area contributed by atoms with E-state index in [0.717, 1.165) is 43.8 Å². The molecule has 0 unspecified atom stereocenters. The van der Waals surface area contributed by atoms with Crippen LogP contribution in [-0.4, -0.2) is 55.8 Å². The Balaban J connectivity index is 1.76. The smallest absolute Gasteiger partial charge is 0.409 e. The number of ether oxygens (including phenoxy) is 1. The fourth-order valence-corrected chi connectivity index (χ4v) is 3.10. The van der Waals surface area contributed by atoms with E-state index in [0.29, 0.717) is 26.2 Å². The Labute approximate surface area is 161 Å². The van der Waals surface area contributed by atoms with Gasteiger partial charge in [-0.25, -0.2) is 9.18 Å². The maximum atomic E-state index is 13.2. The third kappa shape index (κ3) is 7.45. The molecule has 0 spiro atoms. The van der Waals surface area contributed by atoms with Crippen LogP contribution in [0.1, 0.15) is 38.7 Å². The standard InChI is InChI=1S/C20H31FN4O2/c1-3-22-19(23-12-6-8-16-7-5-9-17(21)15-16)24-18-10-13-25(14-11-18)20(26)27-4-2/h5,7,9,15,18H,3-4,6,8,10-14H2,1-2H3,(H2,22,23,24). The number of aryl methyl sites for hydroxylation is 1. The minimum atomic E-state index is -0.228. The van der Waals surface area contributed by atoms with Gasteiger partial charge < -0.3 is 20.3 Å². The molecule has 1 heterocycles. The van der Waals surface area contributed by atoms with Gasteiger partial charge in [0.1, 0.15) is 5.82 Å². The molecular formula is C20H31FN4O2. The van der Waals surface area contributed by atoms with Crippen molar-refractivity contribution >= 4 is 12.1 Å². The molecule has 0 bridgehead atoms. The lowest BCUT2D eigenvalue weighted by Gasteiger charge is -2.32. The zero-order valence-electron chi connectivity index (χ0n) is 16.3. The van der Waals surface area contributed by atoms with Gasteiger partial charge in [-0.3, -0.25) is 4.99 Å². The first-order valence-electron chi connectivity index (χ1n) is 9.83. The van der Waals surface area contributed by atoms with Crippen LogP contribution in [0.3, 0.4) is 0 Å². The van der Waals surface area contributed by atoms with Crippen LogP contribution in [0, 0.1) is 5.82 Å². The Kier molecular flexibility index (Phi) is 8.87. The summed E-state index contributed by atoms with van der Waals surface area (Å²) in [7, 11) is 0. The van der Waals surface area contributed by atoms with Crippen molar-refractivity contribution in [1.29, 1.82) is 0 Å². The van der Waals surface area contributed by atoms with E-state index in [2.05, 4.69) is 15.6 Å². The molecule has 0 radical (unpaired) electrons. The summed E-state index contributed by atoms with van der Waals surface area (Å²) < 4.78 is 18.3. The van der Waals surface area contributed by atoms with Gasteiger partial charge in [-0.1, -0.05) is 12.1 Å². The molecule has 7 heteroatoms. The lowest BCUT2D eigenvalue weighted by Crippen LogP contribution is -2.49. The van der Waals surface area contributed by atoms with Crippen LogP contribution in [0.15, 0.2) is 29.3 Å². The molecule has 150 valence electrons. The first-order valence-corrected chi connectivity index (χ1v) is 9.83. The Morgan fingerprint density at radius 3 is 2.78 bits per heavy atom. The number of rotatable bonds is 7. The first kappa shape index (κ1) is 21.0. The summed E-state index contributed by atoms with van der Waals surface area (Å²) in [4.78, 5) is 18.1. The summed E-state index contributed by atoms with van der Waals surface area (Å²) in [5.41, 5.74) is 0.995. The Bertz CT molecular complexity index is 616. The molecule has 1 fully saturated rings. The van der Waals surface area contributed by atoms with E-state index in [4.69, 9.17) is 4.74 Å². The summed E-state index contributed by atoms with van der Waals surface area (Å²) in [6.45, 7) is 7.10. The third-order valence-electron chi connectivity index (χ3n) is 4.49. The van der Waals surface area contributed by atoms with Gasteiger partial charge in [0.15, 0.2) is 5.96 Å². The lowest BCUT2D eigenvalue weighted by molar-refractivity contribution is 0.0963. The van der Waals surface area contributed by atoms with Crippen LogP contribution in [0.2, 0.25) is 0 Å². The molecule has 0 aliphatic carbocycles. The maximum absolute atomic E-state index is 13.2. The lowest BCUT2D eigenvalue weighted by atomic mass is 10.1. The van der Waals surface area contributed by atoms with Gasteiger partial charge in [-0.05, 0) is 57.2 Å². The van der Waals surface area contributed by atoms with Gasteiger partial charge in [0, 0.05) is 32.2 Å². The van der Waals surface area contributed by atoms with Crippen molar-refractivity contribution in [3.8, 4) is 0 Å². The van der Waals surface area contributed by atoms with Gasteiger partial charge >= 0.3 is 6.09 Å². The number of hydrogen-bond acceptors (Lipinski definition) is 3. The summed E-state index contributed by atoms with van der Waals surface area (Å²) in [5.74, 6) is 0.603. The molecule has 1 amide bonds. The highest BCUT2D eigenvalue weighted by molar-refractivity contribution is 5.80. The molecule has 1 aromatic carbocycles. The maximum Gasteiger partial charge on any atom is 0.409 e. The molecule has 2 N–H and O–H groups in total. The predicted molar refractivity (Wildman–Crippen MR) is 105 cm³/mol. The molecule has 1 saturated heterocycles. The molecule has 2 rings (SSSR count). The van der Waals surface area contributed by atoms with E-state index in [1.165, 1.54) is 6.07 Å². The Morgan fingerprint density at radius 2 is 2.11 bits per heavy atom. The molecule has 0 saturated carbocycles. The van der Waals surface area contributed by atoms with Crippen molar-refractivity contribution in [1.82, 2.24) is 15.5 Å². The number of aliphatic imine (C=N–C) groups is 1. The SMILES string of the molecule is CCNC(=NCCCc1cccc(F)c1)NC1CCN(C(=O)OCC)CC1. The molecule has 1 aliphatic heterocycles. The average Bonchev–Trinajstić information content (AvgIpc) is 2.66. The van der Waals surface area contributed by atoms with Crippen LogP contribution in [0.4, 0.5) is 9.18 Å².